The smallest absolute Gasteiger partial charge is 0.417 e. The molecule has 2 amide bonds. The monoisotopic (exact) mass is 407 g/mol. The molecule has 2 atom stereocenters. The molecule has 0 N–H and O–H groups in total. The molecule has 4 rings (SSSR count). The fraction of sp³-hybridized carbons (Fsp3) is 0.250. The Labute approximate surface area is 175 Å². The summed E-state index contributed by atoms with van der Waals surface area (Å²) in [6.45, 7) is 3.77. The molecule has 0 saturated carbocycles. The first-order valence-electron chi connectivity index (χ1n) is 9.70. The second-order valence-corrected chi connectivity index (χ2v) is 7.95. The molecular weight excluding hydrogens is 386 g/mol. The van der Waals surface area contributed by atoms with Gasteiger partial charge in [-0.2, -0.15) is 0 Å². The van der Waals surface area contributed by atoms with Gasteiger partial charge in [-0.1, -0.05) is 60.1 Å². The number of ether oxygens (including phenoxy) is 1. The minimum absolute atomic E-state index is 0.225. The van der Waals surface area contributed by atoms with Crippen LogP contribution in [0, 0.1) is 6.92 Å². The molecule has 1 fully saturated rings. The lowest BCUT2D eigenvalue weighted by Crippen LogP contribution is -2.37. The highest BCUT2D eigenvalue weighted by Crippen LogP contribution is 2.34. The lowest BCUT2D eigenvalue weighted by Gasteiger charge is -2.20. The SMILES string of the molecule is Cc1cc(Cl)cc([C@H]2OC(=O)N(C(=O)CCc3cccc4ccccc34)[C@H]2C)c1. The van der Waals surface area contributed by atoms with Gasteiger partial charge in [0.05, 0.1) is 6.04 Å². The van der Waals surface area contributed by atoms with E-state index in [2.05, 4.69) is 18.2 Å². The van der Waals surface area contributed by atoms with Gasteiger partial charge in [0.2, 0.25) is 5.91 Å². The summed E-state index contributed by atoms with van der Waals surface area (Å²) in [5.74, 6) is -0.225. The van der Waals surface area contributed by atoms with Gasteiger partial charge in [-0.05, 0) is 59.9 Å². The van der Waals surface area contributed by atoms with E-state index in [1.165, 1.54) is 4.90 Å². The maximum atomic E-state index is 12.9. The van der Waals surface area contributed by atoms with E-state index in [1.807, 2.05) is 50.2 Å². The third-order valence-corrected chi connectivity index (χ3v) is 5.64. The summed E-state index contributed by atoms with van der Waals surface area (Å²) < 4.78 is 5.53. The number of imide groups is 1. The number of rotatable bonds is 4. The molecule has 5 heteroatoms. The van der Waals surface area contributed by atoms with E-state index in [9.17, 15) is 9.59 Å². The largest absolute Gasteiger partial charge is 0.439 e. The van der Waals surface area contributed by atoms with Crippen LogP contribution in [0.1, 0.15) is 36.1 Å². The highest BCUT2D eigenvalue weighted by atomic mass is 35.5. The van der Waals surface area contributed by atoms with Gasteiger partial charge in [-0.25, -0.2) is 9.69 Å². The Morgan fingerprint density at radius 1 is 1.10 bits per heavy atom. The van der Waals surface area contributed by atoms with Gasteiger partial charge in [-0.3, -0.25) is 4.79 Å². The molecule has 3 aromatic carbocycles. The molecule has 148 valence electrons. The Hall–Kier alpha value is -2.85. The predicted octanol–water partition coefficient (Wildman–Crippen LogP) is 5.84. The van der Waals surface area contributed by atoms with Crippen LogP contribution in [-0.4, -0.2) is 22.9 Å². The number of benzene rings is 3. The maximum Gasteiger partial charge on any atom is 0.417 e. The van der Waals surface area contributed by atoms with E-state index in [4.69, 9.17) is 16.3 Å². The number of nitrogens with zero attached hydrogens (tertiary/aromatic N) is 1. The Morgan fingerprint density at radius 3 is 2.66 bits per heavy atom. The Bertz CT molecular complexity index is 1070. The van der Waals surface area contributed by atoms with Gasteiger partial charge < -0.3 is 4.74 Å². The van der Waals surface area contributed by atoms with Crippen molar-refractivity contribution in [1.82, 2.24) is 4.90 Å². The molecule has 0 unspecified atom stereocenters. The van der Waals surface area contributed by atoms with Crippen molar-refractivity contribution in [1.29, 1.82) is 0 Å². The number of cyclic esters (lactones) is 1. The molecule has 0 bridgehead atoms. The van der Waals surface area contributed by atoms with Crippen molar-refractivity contribution >= 4 is 34.4 Å². The molecule has 4 nitrogen and oxygen atoms in total. The number of aryl methyl sites for hydroxylation is 2. The summed E-state index contributed by atoms with van der Waals surface area (Å²) in [6.07, 6.45) is -0.295. The fourth-order valence-electron chi connectivity index (χ4n) is 4.04. The Balaban J connectivity index is 1.50. The summed E-state index contributed by atoms with van der Waals surface area (Å²) in [7, 11) is 0. The van der Waals surface area contributed by atoms with Gasteiger partial charge in [0.1, 0.15) is 6.10 Å². The van der Waals surface area contributed by atoms with Crippen molar-refractivity contribution in [2.45, 2.75) is 38.8 Å². The van der Waals surface area contributed by atoms with Crippen LogP contribution in [0.4, 0.5) is 4.79 Å². The van der Waals surface area contributed by atoms with E-state index in [1.54, 1.807) is 6.07 Å². The maximum absolute atomic E-state index is 12.9. The van der Waals surface area contributed by atoms with Gasteiger partial charge in [0.15, 0.2) is 0 Å². The lowest BCUT2D eigenvalue weighted by atomic mass is 9.99. The first-order chi connectivity index (χ1) is 13.9. The summed E-state index contributed by atoms with van der Waals surface area (Å²) in [6, 6.07) is 19.3. The van der Waals surface area contributed by atoms with Crippen molar-refractivity contribution in [3.8, 4) is 0 Å². The van der Waals surface area contributed by atoms with E-state index in [-0.39, 0.29) is 18.4 Å². The van der Waals surface area contributed by atoms with Crippen molar-refractivity contribution in [3.63, 3.8) is 0 Å². The second-order valence-electron chi connectivity index (χ2n) is 7.51. The number of halogens is 1. The van der Waals surface area contributed by atoms with Gasteiger partial charge >= 0.3 is 6.09 Å². The van der Waals surface area contributed by atoms with Crippen molar-refractivity contribution in [2.75, 3.05) is 0 Å². The first kappa shape index (κ1) is 19.5. The molecule has 1 aliphatic rings. The van der Waals surface area contributed by atoms with Crippen LogP contribution in [0.5, 0.6) is 0 Å². The zero-order chi connectivity index (χ0) is 20.5. The molecule has 3 aromatic rings. The molecule has 29 heavy (non-hydrogen) atoms. The molecule has 1 aliphatic heterocycles. The normalized spacial score (nSPS) is 18.9. The van der Waals surface area contributed by atoms with Crippen LogP contribution in [0.15, 0.2) is 60.7 Å². The van der Waals surface area contributed by atoms with E-state index in [0.717, 1.165) is 27.5 Å². The summed E-state index contributed by atoms with van der Waals surface area (Å²) >= 11 is 6.16. The van der Waals surface area contributed by atoms with Gasteiger partial charge in [0, 0.05) is 11.4 Å². The van der Waals surface area contributed by atoms with Gasteiger partial charge in [0.25, 0.3) is 0 Å². The molecule has 1 heterocycles. The van der Waals surface area contributed by atoms with Crippen LogP contribution in [0.2, 0.25) is 5.02 Å². The minimum atomic E-state index is -0.594. The zero-order valence-corrected chi connectivity index (χ0v) is 17.1. The molecule has 0 aliphatic carbocycles. The number of hydrogen-bond donors (Lipinski definition) is 0. The van der Waals surface area contributed by atoms with Crippen LogP contribution in [-0.2, 0) is 16.0 Å². The average Bonchev–Trinajstić information content (AvgIpc) is 2.99. The van der Waals surface area contributed by atoms with Crippen molar-refractivity contribution in [3.05, 3.63) is 82.4 Å². The zero-order valence-electron chi connectivity index (χ0n) is 16.4. The van der Waals surface area contributed by atoms with Crippen LogP contribution >= 0.6 is 11.6 Å². The summed E-state index contributed by atoms with van der Waals surface area (Å²) in [5.41, 5.74) is 2.88. The van der Waals surface area contributed by atoms with E-state index >= 15 is 0 Å². The number of fused-ring (bicyclic) bond motifs is 1. The quantitative estimate of drug-likeness (QED) is 0.545. The average molecular weight is 408 g/mol. The number of carbonyl (C=O) groups excluding carboxylic acids is 2. The van der Waals surface area contributed by atoms with E-state index < -0.39 is 12.2 Å². The Kier molecular flexibility index (Phi) is 5.29. The third-order valence-electron chi connectivity index (χ3n) is 5.42. The lowest BCUT2D eigenvalue weighted by molar-refractivity contribution is -0.129. The molecule has 0 spiro atoms. The van der Waals surface area contributed by atoms with Crippen LogP contribution in [0.3, 0.4) is 0 Å². The predicted molar refractivity (Wildman–Crippen MR) is 114 cm³/mol. The third kappa shape index (κ3) is 3.85. The summed E-state index contributed by atoms with van der Waals surface area (Å²) in [4.78, 5) is 26.6. The summed E-state index contributed by atoms with van der Waals surface area (Å²) in [5, 5.41) is 2.86. The van der Waals surface area contributed by atoms with Crippen LogP contribution < -0.4 is 0 Å². The van der Waals surface area contributed by atoms with Gasteiger partial charge in [-0.15, -0.1) is 0 Å². The molecule has 0 radical (unpaired) electrons. The highest BCUT2D eigenvalue weighted by molar-refractivity contribution is 6.30. The minimum Gasteiger partial charge on any atom is -0.439 e. The second kappa shape index (κ2) is 7.88. The fourth-order valence-corrected chi connectivity index (χ4v) is 4.34. The standard InChI is InChI=1S/C24H22ClNO3/c1-15-12-19(14-20(25)13-15)23-16(2)26(24(28)29-23)22(27)11-10-18-8-5-7-17-6-3-4-9-21(17)18/h3-9,12-14,16,23H,10-11H2,1-2H3/t16-,23-/m0/s1. The molecular formula is C24H22ClNO3. The number of carbonyl (C=O) groups is 2. The first-order valence-corrected chi connectivity index (χ1v) is 10.1. The Morgan fingerprint density at radius 2 is 1.86 bits per heavy atom. The molecule has 1 saturated heterocycles. The highest BCUT2D eigenvalue weighted by Gasteiger charge is 2.43. The van der Waals surface area contributed by atoms with Crippen molar-refractivity contribution in [2.24, 2.45) is 0 Å². The topological polar surface area (TPSA) is 46.6 Å². The number of hydrogen-bond acceptors (Lipinski definition) is 3. The molecule has 0 aromatic heterocycles. The number of amides is 2. The van der Waals surface area contributed by atoms with Crippen molar-refractivity contribution < 1.29 is 14.3 Å². The van der Waals surface area contributed by atoms with Crippen LogP contribution in [0.25, 0.3) is 10.8 Å². The van der Waals surface area contributed by atoms with E-state index in [0.29, 0.717) is 11.4 Å².